The van der Waals surface area contributed by atoms with Gasteiger partial charge in [0.2, 0.25) is 0 Å². The molecule has 1 aromatic heterocycles. The van der Waals surface area contributed by atoms with E-state index in [1.807, 2.05) is 6.92 Å². The first-order valence-electron chi connectivity index (χ1n) is 6.44. The van der Waals surface area contributed by atoms with Crippen molar-refractivity contribution in [1.82, 2.24) is 10.2 Å². The maximum atomic E-state index is 5.88. The summed E-state index contributed by atoms with van der Waals surface area (Å²) in [7, 11) is 2.11. The molecule has 1 aromatic rings. The molecule has 4 heteroatoms. The van der Waals surface area contributed by atoms with Crippen LogP contribution in [0.4, 0.5) is 5.82 Å². The molecule has 1 aliphatic carbocycles. The predicted octanol–water partition coefficient (Wildman–Crippen LogP) is 1.74. The van der Waals surface area contributed by atoms with Crippen LogP contribution in [-0.4, -0.2) is 29.8 Å². The molecule has 2 unspecified atom stereocenters. The number of nitrogens with zero attached hydrogens (tertiary/aromatic N) is 3. The van der Waals surface area contributed by atoms with Crippen molar-refractivity contribution in [2.45, 2.75) is 38.6 Å². The van der Waals surface area contributed by atoms with E-state index < -0.39 is 0 Å². The Morgan fingerprint density at radius 2 is 2.18 bits per heavy atom. The molecule has 0 bridgehead atoms. The molecule has 1 fully saturated rings. The summed E-state index contributed by atoms with van der Waals surface area (Å²) < 4.78 is 0. The number of aromatic nitrogens is 2. The minimum atomic E-state index is 0.518. The Balaban J connectivity index is 2.15. The number of hydrogen-bond acceptors (Lipinski definition) is 4. The second kappa shape index (κ2) is 5.45. The van der Waals surface area contributed by atoms with Gasteiger partial charge in [-0.05, 0) is 43.9 Å². The van der Waals surface area contributed by atoms with Gasteiger partial charge in [-0.25, -0.2) is 0 Å². The average Bonchev–Trinajstić information content (AvgIpc) is 2.38. The molecular formula is C13H22N4. The van der Waals surface area contributed by atoms with Crippen LogP contribution >= 0.6 is 0 Å². The van der Waals surface area contributed by atoms with Gasteiger partial charge >= 0.3 is 0 Å². The number of hydrogen-bond donors (Lipinski definition) is 1. The van der Waals surface area contributed by atoms with Gasteiger partial charge in [0.1, 0.15) is 0 Å². The first-order chi connectivity index (χ1) is 8.22. The summed E-state index contributed by atoms with van der Waals surface area (Å²) in [6.07, 6.45) is 6.85. The molecule has 1 heterocycles. The molecule has 0 amide bonds. The van der Waals surface area contributed by atoms with Crippen LogP contribution in [0.3, 0.4) is 0 Å². The first-order valence-corrected chi connectivity index (χ1v) is 6.44. The van der Waals surface area contributed by atoms with Crippen LogP contribution in [0, 0.1) is 12.8 Å². The number of aryl methyl sites for hydroxylation is 1. The Kier molecular flexibility index (Phi) is 3.94. The van der Waals surface area contributed by atoms with E-state index in [-0.39, 0.29) is 0 Å². The number of anilines is 1. The van der Waals surface area contributed by atoms with E-state index in [1.165, 1.54) is 25.7 Å². The summed E-state index contributed by atoms with van der Waals surface area (Å²) in [5.41, 5.74) is 7.03. The van der Waals surface area contributed by atoms with Crippen LogP contribution < -0.4 is 10.6 Å². The van der Waals surface area contributed by atoms with Crippen LogP contribution in [0.15, 0.2) is 12.3 Å². The molecule has 0 aromatic carbocycles. The molecule has 1 saturated carbocycles. The van der Waals surface area contributed by atoms with Gasteiger partial charge in [0.25, 0.3) is 0 Å². The average molecular weight is 234 g/mol. The van der Waals surface area contributed by atoms with E-state index >= 15 is 0 Å². The maximum Gasteiger partial charge on any atom is 0.151 e. The Bertz CT molecular complexity index is 366. The lowest BCUT2D eigenvalue weighted by Gasteiger charge is -2.38. The highest BCUT2D eigenvalue weighted by Gasteiger charge is 2.28. The van der Waals surface area contributed by atoms with Gasteiger partial charge in [-0.3, -0.25) is 0 Å². The van der Waals surface area contributed by atoms with E-state index in [0.717, 1.165) is 17.9 Å². The highest BCUT2D eigenvalue weighted by atomic mass is 15.3. The van der Waals surface area contributed by atoms with Crippen LogP contribution in [0.25, 0.3) is 0 Å². The zero-order valence-corrected chi connectivity index (χ0v) is 10.8. The van der Waals surface area contributed by atoms with Crippen LogP contribution in [0.1, 0.15) is 31.2 Å². The Labute approximate surface area is 103 Å². The third kappa shape index (κ3) is 2.75. The predicted molar refractivity (Wildman–Crippen MR) is 70.0 cm³/mol. The van der Waals surface area contributed by atoms with Gasteiger partial charge in [0.05, 0.1) is 6.20 Å². The molecule has 17 heavy (non-hydrogen) atoms. The van der Waals surface area contributed by atoms with Crippen molar-refractivity contribution in [3.63, 3.8) is 0 Å². The molecule has 0 radical (unpaired) electrons. The van der Waals surface area contributed by atoms with Gasteiger partial charge in [-0.15, -0.1) is 5.10 Å². The van der Waals surface area contributed by atoms with Crippen molar-refractivity contribution < 1.29 is 0 Å². The van der Waals surface area contributed by atoms with E-state index in [2.05, 4.69) is 28.2 Å². The van der Waals surface area contributed by atoms with E-state index in [0.29, 0.717) is 12.0 Å². The number of nitrogens with two attached hydrogens (primary N) is 1. The third-order valence-corrected chi connectivity index (χ3v) is 3.81. The SMILES string of the molecule is Cc1cnnc(N(C)C2CCCCC2CN)c1. The fraction of sp³-hybridized carbons (Fsp3) is 0.692. The van der Waals surface area contributed by atoms with E-state index in [9.17, 15) is 0 Å². The molecule has 94 valence electrons. The standard InChI is InChI=1S/C13H22N4/c1-10-7-13(16-15-9-10)17(2)12-6-4-3-5-11(12)8-14/h7,9,11-12H,3-6,8,14H2,1-2H3. The molecule has 0 spiro atoms. The Hall–Kier alpha value is -1.16. The zero-order chi connectivity index (χ0) is 12.3. The molecule has 4 nitrogen and oxygen atoms in total. The zero-order valence-electron chi connectivity index (χ0n) is 10.8. The smallest absolute Gasteiger partial charge is 0.151 e. The fourth-order valence-corrected chi connectivity index (χ4v) is 2.76. The molecule has 1 aliphatic rings. The maximum absolute atomic E-state index is 5.88. The van der Waals surface area contributed by atoms with Crippen LogP contribution in [0.2, 0.25) is 0 Å². The minimum Gasteiger partial charge on any atom is -0.355 e. The second-order valence-electron chi connectivity index (χ2n) is 5.05. The van der Waals surface area contributed by atoms with Crippen molar-refractivity contribution >= 4 is 5.82 Å². The summed E-state index contributed by atoms with van der Waals surface area (Å²) in [4.78, 5) is 2.26. The fourth-order valence-electron chi connectivity index (χ4n) is 2.76. The lowest BCUT2D eigenvalue weighted by molar-refractivity contribution is 0.305. The normalized spacial score (nSPS) is 24.6. The van der Waals surface area contributed by atoms with Crippen LogP contribution in [-0.2, 0) is 0 Å². The second-order valence-corrected chi connectivity index (χ2v) is 5.05. The van der Waals surface area contributed by atoms with Gasteiger partial charge in [-0.1, -0.05) is 12.8 Å². The van der Waals surface area contributed by atoms with Crippen molar-refractivity contribution in [3.8, 4) is 0 Å². The molecular weight excluding hydrogens is 212 g/mol. The monoisotopic (exact) mass is 234 g/mol. The van der Waals surface area contributed by atoms with Gasteiger partial charge in [0.15, 0.2) is 5.82 Å². The Morgan fingerprint density at radius 3 is 2.88 bits per heavy atom. The quantitative estimate of drug-likeness (QED) is 0.865. The van der Waals surface area contributed by atoms with Crippen molar-refractivity contribution in [2.24, 2.45) is 11.7 Å². The van der Waals surface area contributed by atoms with Crippen molar-refractivity contribution in [2.75, 3.05) is 18.5 Å². The van der Waals surface area contributed by atoms with Crippen LogP contribution in [0.5, 0.6) is 0 Å². The third-order valence-electron chi connectivity index (χ3n) is 3.81. The van der Waals surface area contributed by atoms with E-state index in [4.69, 9.17) is 5.73 Å². The molecule has 2 atom stereocenters. The van der Waals surface area contributed by atoms with Crippen molar-refractivity contribution in [3.05, 3.63) is 17.8 Å². The lowest BCUT2D eigenvalue weighted by Crippen LogP contribution is -2.43. The van der Waals surface area contributed by atoms with Gasteiger partial charge in [-0.2, -0.15) is 5.10 Å². The van der Waals surface area contributed by atoms with Gasteiger partial charge in [0, 0.05) is 13.1 Å². The summed E-state index contributed by atoms with van der Waals surface area (Å²) in [6.45, 7) is 2.82. The summed E-state index contributed by atoms with van der Waals surface area (Å²) in [5.74, 6) is 1.56. The molecule has 2 N–H and O–H groups in total. The Morgan fingerprint density at radius 1 is 1.41 bits per heavy atom. The van der Waals surface area contributed by atoms with Crippen molar-refractivity contribution in [1.29, 1.82) is 0 Å². The minimum absolute atomic E-state index is 0.518. The highest BCUT2D eigenvalue weighted by Crippen LogP contribution is 2.29. The molecule has 0 aliphatic heterocycles. The molecule has 2 rings (SSSR count). The summed E-state index contributed by atoms with van der Waals surface area (Å²) in [6, 6.07) is 2.61. The van der Waals surface area contributed by atoms with Gasteiger partial charge < -0.3 is 10.6 Å². The first kappa shape index (κ1) is 12.3. The summed E-state index contributed by atoms with van der Waals surface area (Å²) in [5, 5.41) is 8.25. The highest BCUT2D eigenvalue weighted by molar-refractivity contribution is 5.39. The molecule has 0 saturated heterocycles. The topological polar surface area (TPSA) is 55.0 Å². The summed E-state index contributed by atoms with van der Waals surface area (Å²) >= 11 is 0. The lowest BCUT2D eigenvalue weighted by atomic mass is 9.84. The van der Waals surface area contributed by atoms with E-state index in [1.54, 1.807) is 6.20 Å². The number of rotatable bonds is 3. The largest absolute Gasteiger partial charge is 0.355 e.